The van der Waals surface area contributed by atoms with Crippen molar-refractivity contribution in [3.8, 4) is 0 Å². The summed E-state index contributed by atoms with van der Waals surface area (Å²) in [5.74, 6) is 0. The Morgan fingerprint density at radius 1 is 1.20 bits per heavy atom. The van der Waals surface area contributed by atoms with Crippen LogP contribution in [0.5, 0.6) is 0 Å². The van der Waals surface area contributed by atoms with Gasteiger partial charge in [0.1, 0.15) is 0 Å². The molecule has 1 aliphatic rings. The summed E-state index contributed by atoms with van der Waals surface area (Å²) in [7, 11) is 0. The normalized spacial score (nSPS) is 18.8. The van der Waals surface area contributed by atoms with E-state index in [1.165, 1.54) is 11.1 Å². The highest BCUT2D eigenvalue weighted by molar-refractivity contribution is 6.30. The van der Waals surface area contributed by atoms with E-state index in [1.54, 1.807) is 0 Å². The van der Waals surface area contributed by atoms with Gasteiger partial charge in [0, 0.05) is 11.1 Å². The first-order valence-corrected chi connectivity index (χ1v) is 7.36. The standard InChI is InChI=1S/C17H18ClNO/c18-14-7-8-15-13(10-14)6-9-16(15)19-17(11-20)12-4-2-1-3-5-12/h1-5,7-8,10,16-17,19-20H,6,9,11H2/t16?,17-/m0/s1. The van der Waals surface area contributed by atoms with Crippen LogP contribution < -0.4 is 5.32 Å². The van der Waals surface area contributed by atoms with Crippen LogP contribution in [0.4, 0.5) is 0 Å². The van der Waals surface area contributed by atoms with Crippen LogP contribution in [0.25, 0.3) is 0 Å². The lowest BCUT2D eigenvalue weighted by Crippen LogP contribution is -2.27. The van der Waals surface area contributed by atoms with Gasteiger partial charge in [-0.2, -0.15) is 0 Å². The third-order valence-corrected chi connectivity index (χ3v) is 4.20. The molecule has 0 saturated heterocycles. The molecule has 0 heterocycles. The van der Waals surface area contributed by atoms with Gasteiger partial charge in [0.15, 0.2) is 0 Å². The van der Waals surface area contributed by atoms with Crippen LogP contribution in [-0.2, 0) is 6.42 Å². The number of rotatable bonds is 4. The Morgan fingerprint density at radius 3 is 2.75 bits per heavy atom. The lowest BCUT2D eigenvalue weighted by atomic mass is 10.0. The molecule has 0 fully saturated rings. The van der Waals surface area contributed by atoms with E-state index in [4.69, 9.17) is 11.6 Å². The van der Waals surface area contributed by atoms with Gasteiger partial charge in [-0.3, -0.25) is 0 Å². The Kier molecular flexibility index (Phi) is 4.06. The van der Waals surface area contributed by atoms with Gasteiger partial charge in [-0.05, 0) is 41.7 Å². The van der Waals surface area contributed by atoms with Gasteiger partial charge in [-0.25, -0.2) is 0 Å². The van der Waals surface area contributed by atoms with Crippen molar-refractivity contribution < 1.29 is 5.11 Å². The molecule has 0 amide bonds. The second-order valence-electron chi connectivity index (χ2n) is 5.25. The molecule has 104 valence electrons. The molecule has 0 aromatic heterocycles. The van der Waals surface area contributed by atoms with Crippen LogP contribution in [0, 0.1) is 0 Å². The number of halogens is 1. The fraction of sp³-hybridized carbons (Fsp3) is 0.294. The SMILES string of the molecule is OC[C@H](NC1CCc2cc(Cl)ccc21)c1ccccc1. The minimum Gasteiger partial charge on any atom is -0.394 e. The minimum atomic E-state index is -0.0252. The quantitative estimate of drug-likeness (QED) is 0.900. The number of hydrogen-bond donors (Lipinski definition) is 2. The lowest BCUT2D eigenvalue weighted by Gasteiger charge is -2.22. The third kappa shape index (κ3) is 2.73. The molecule has 0 aliphatic heterocycles. The summed E-state index contributed by atoms with van der Waals surface area (Å²) in [4.78, 5) is 0. The second kappa shape index (κ2) is 5.96. The average Bonchev–Trinajstić information content (AvgIpc) is 2.87. The molecule has 1 aliphatic carbocycles. The van der Waals surface area contributed by atoms with E-state index in [1.807, 2.05) is 36.4 Å². The number of benzene rings is 2. The monoisotopic (exact) mass is 287 g/mol. The maximum Gasteiger partial charge on any atom is 0.0626 e. The third-order valence-electron chi connectivity index (χ3n) is 3.97. The molecule has 2 N–H and O–H groups in total. The van der Waals surface area contributed by atoms with Crippen molar-refractivity contribution in [2.75, 3.05) is 6.61 Å². The van der Waals surface area contributed by atoms with Crippen molar-refractivity contribution in [1.29, 1.82) is 0 Å². The number of hydrogen-bond acceptors (Lipinski definition) is 2. The van der Waals surface area contributed by atoms with Crippen LogP contribution in [-0.4, -0.2) is 11.7 Å². The van der Waals surface area contributed by atoms with Crippen molar-refractivity contribution in [2.24, 2.45) is 0 Å². The van der Waals surface area contributed by atoms with Gasteiger partial charge in [-0.1, -0.05) is 48.0 Å². The molecule has 1 unspecified atom stereocenters. The number of aryl methyl sites for hydroxylation is 1. The summed E-state index contributed by atoms with van der Waals surface area (Å²) in [6.45, 7) is 0.101. The van der Waals surface area contributed by atoms with Gasteiger partial charge in [0.05, 0.1) is 12.6 Å². The van der Waals surface area contributed by atoms with Gasteiger partial charge in [-0.15, -0.1) is 0 Å². The van der Waals surface area contributed by atoms with Gasteiger partial charge >= 0.3 is 0 Å². The number of aliphatic hydroxyl groups is 1. The van der Waals surface area contributed by atoms with Gasteiger partial charge < -0.3 is 10.4 Å². The molecule has 3 rings (SSSR count). The first kappa shape index (κ1) is 13.6. The molecule has 2 atom stereocenters. The summed E-state index contributed by atoms with van der Waals surface area (Å²) >= 11 is 6.04. The molecule has 2 nitrogen and oxygen atoms in total. The Bertz CT molecular complexity index is 585. The zero-order valence-electron chi connectivity index (χ0n) is 11.2. The zero-order chi connectivity index (χ0) is 13.9. The van der Waals surface area contributed by atoms with E-state index in [0.29, 0.717) is 6.04 Å². The zero-order valence-corrected chi connectivity index (χ0v) is 12.0. The maximum absolute atomic E-state index is 9.65. The molecular formula is C17H18ClNO. The Hall–Kier alpha value is -1.35. The molecule has 2 aromatic carbocycles. The van der Waals surface area contributed by atoms with Crippen molar-refractivity contribution in [3.63, 3.8) is 0 Å². The summed E-state index contributed by atoms with van der Waals surface area (Å²) in [6.07, 6.45) is 2.10. The van der Waals surface area contributed by atoms with Crippen LogP contribution in [0.2, 0.25) is 5.02 Å². The van der Waals surface area contributed by atoms with Crippen LogP contribution in [0.3, 0.4) is 0 Å². The van der Waals surface area contributed by atoms with Gasteiger partial charge in [0.25, 0.3) is 0 Å². The first-order valence-electron chi connectivity index (χ1n) is 6.98. The summed E-state index contributed by atoms with van der Waals surface area (Å²) < 4.78 is 0. The minimum absolute atomic E-state index is 0.0252. The maximum atomic E-state index is 9.65. The van der Waals surface area contributed by atoms with Gasteiger partial charge in [0.2, 0.25) is 0 Å². The fourth-order valence-corrected chi connectivity index (χ4v) is 3.14. The molecule has 0 saturated carbocycles. The smallest absolute Gasteiger partial charge is 0.0626 e. The Balaban J connectivity index is 1.79. The highest BCUT2D eigenvalue weighted by atomic mass is 35.5. The summed E-state index contributed by atoms with van der Waals surface area (Å²) in [6, 6.07) is 16.4. The summed E-state index contributed by atoms with van der Waals surface area (Å²) in [5, 5.41) is 14.0. The van der Waals surface area contributed by atoms with E-state index >= 15 is 0 Å². The predicted molar refractivity (Wildman–Crippen MR) is 81.9 cm³/mol. The second-order valence-corrected chi connectivity index (χ2v) is 5.68. The number of aliphatic hydroxyl groups excluding tert-OH is 1. The number of nitrogens with one attached hydrogen (secondary N) is 1. The number of fused-ring (bicyclic) bond motifs is 1. The lowest BCUT2D eigenvalue weighted by molar-refractivity contribution is 0.233. The van der Waals surface area contributed by atoms with E-state index < -0.39 is 0 Å². The molecule has 20 heavy (non-hydrogen) atoms. The van der Waals surface area contributed by atoms with Crippen LogP contribution >= 0.6 is 11.6 Å². The molecule has 0 radical (unpaired) electrons. The highest BCUT2D eigenvalue weighted by Gasteiger charge is 2.25. The van der Waals surface area contributed by atoms with Crippen LogP contribution in [0.1, 0.15) is 35.2 Å². The molecule has 3 heteroatoms. The topological polar surface area (TPSA) is 32.3 Å². The fourth-order valence-electron chi connectivity index (χ4n) is 2.94. The van der Waals surface area contributed by atoms with E-state index in [2.05, 4.69) is 17.4 Å². The van der Waals surface area contributed by atoms with Crippen LogP contribution in [0.15, 0.2) is 48.5 Å². The Labute approximate surface area is 124 Å². The van der Waals surface area contributed by atoms with E-state index in [-0.39, 0.29) is 12.6 Å². The summed E-state index contributed by atoms with van der Waals surface area (Å²) in [5.41, 5.74) is 3.75. The average molecular weight is 288 g/mol. The highest BCUT2D eigenvalue weighted by Crippen LogP contribution is 2.34. The van der Waals surface area contributed by atoms with Crippen molar-refractivity contribution in [2.45, 2.75) is 24.9 Å². The van der Waals surface area contributed by atoms with E-state index in [0.717, 1.165) is 23.4 Å². The first-order chi connectivity index (χ1) is 9.78. The molecular weight excluding hydrogens is 270 g/mol. The molecule has 0 bridgehead atoms. The molecule has 0 spiro atoms. The van der Waals surface area contributed by atoms with E-state index in [9.17, 15) is 5.11 Å². The van der Waals surface area contributed by atoms with Crippen molar-refractivity contribution in [3.05, 3.63) is 70.2 Å². The predicted octanol–water partition coefficient (Wildman–Crippen LogP) is 3.65. The largest absolute Gasteiger partial charge is 0.394 e. The van der Waals surface area contributed by atoms with Crippen molar-refractivity contribution >= 4 is 11.6 Å². The molecule has 2 aromatic rings. The van der Waals surface area contributed by atoms with Crippen molar-refractivity contribution in [1.82, 2.24) is 5.32 Å². The Morgan fingerprint density at radius 2 is 2.00 bits per heavy atom.